The summed E-state index contributed by atoms with van der Waals surface area (Å²) in [6.07, 6.45) is -0.263. The lowest BCUT2D eigenvalue weighted by atomic mass is 10.2. The Morgan fingerprint density at radius 3 is 2.68 bits per heavy atom. The highest BCUT2D eigenvalue weighted by Crippen LogP contribution is 2.28. The Balaban J connectivity index is 2.42. The van der Waals surface area contributed by atoms with Crippen molar-refractivity contribution in [3.05, 3.63) is 24.0 Å². The second-order valence-corrected chi connectivity index (χ2v) is 3.62. The first kappa shape index (κ1) is 12.8. The fourth-order valence-corrected chi connectivity index (χ4v) is 1.61. The molecule has 8 nitrogen and oxygen atoms in total. The van der Waals surface area contributed by atoms with Crippen LogP contribution in [-0.4, -0.2) is 45.5 Å². The molecule has 0 aliphatic heterocycles. The number of hydrogen-bond donors (Lipinski definition) is 1. The molecular formula is C11H12N4O4. The van der Waals surface area contributed by atoms with Gasteiger partial charge in [-0.1, -0.05) is 0 Å². The summed E-state index contributed by atoms with van der Waals surface area (Å²) < 4.78 is 11.6. The number of methoxy groups -OCH3 is 2. The van der Waals surface area contributed by atoms with E-state index in [1.54, 1.807) is 18.2 Å². The molecule has 0 atom stereocenters. The first-order chi connectivity index (χ1) is 9.15. The summed E-state index contributed by atoms with van der Waals surface area (Å²) in [4.78, 5) is 10.7. The van der Waals surface area contributed by atoms with E-state index in [1.165, 1.54) is 18.9 Å². The van der Waals surface area contributed by atoms with Gasteiger partial charge in [-0.3, -0.25) is 4.79 Å². The Morgan fingerprint density at radius 1 is 1.32 bits per heavy atom. The number of nitrogens with zero attached hydrogens (tertiary/aromatic N) is 4. The normalized spacial score (nSPS) is 10.2. The van der Waals surface area contributed by atoms with E-state index in [0.717, 1.165) is 0 Å². The highest BCUT2D eigenvalue weighted by atomic mass is 16.5. The number of rotatable bonds is 5. The van der Waals surface area contributed by atoms with Crippen LogP contribution < -0.4 is 9.47 Å². The zero-order chi connectivity index (χ0) is 13.8. The van der Waals surface area contributed by atoms with Gasteiger partial charge in [0, 0.05) is 6.07 Å². The summed E-state index contributed by atoms with van der Waals surface area (Å²) in [7, 11) is 3.05. The zero-order valence-corrected chi connectivity index (χ0v) is 10.4. The summed E-state index contributed by atoms with van der Waals surface area (Å²) in [6, 6.07) is 5.07. The number of tetrazole rings is 1. The molecular weight excluding hydrogens is 252 g/mol. The second kappa shape index (κ2) is 5.34. The van der Waals surface area contributed by atoms with Crippen molar-refractivity contribution in [1.82, 2.24) is 20.2 Å². The number of hydrogen-bond acceptors (Lipinski definition) is 6. The summed E-state index contributed by atoms with van der Waals surface area (Å²) in [6.45, 7) is 0. The lowest BCUT2D eigenvalue weighted by molar-refractivity contribution is -0.136. The molecule has 0 aliphatic carbocycles. The second-order valence-electron chi connectivity index (χ2n) is 3.62. The van der Waals surface area contributed by atoms with Crippen LogP contribution >= 0.6 is 0 Å². The third kappa shape index (κ3) is 2.62. The van der Waals surface area contributed by atoms with Gasteiger partial charge >= 0.3 is 5.97 Å². The van der Waals surface area contributed by atoms with Gasteiger partial charge in [-0.2, -0.15) is 4.68 Å². The van der Waals surface area contributed by atoms with Crippen LogP contribution in [0.3, 0.4) is 0 Å². The number of ether oxygens (including phenoxy) is 2. The molecule has 19 heavy (non-hydrogen) atoms. The molecule has 1 N–H and O–H groups in total. The molecule has 0 aliphatic rings. The maximum Gasteiger partial charge on any atom is 0.311 e. The van der Waals surface area contributed by atoms with Crippen LogP contribution in [0.2, 0.25) is 0 Å². The van der Waals surface area contributed by atoms with Crippen LogP contribution in [0.15, 0.2) is 18.2 Å². The van der Waals surface area contributed by atoms with E-state index in [0.29, 0.717) is 17.2 Å². The fraction of sp³-hybridized carbons (Fsp3) is 0.273. The highest BCUT2D eigenvalue weighted by Gasteiger charge is 2.13. The molecule has 0 unspecified atom stereocenters. The number of carbonyl (C=O) groups is 1. The van der Waals surface area contributed by atoms with Gasteiger partial charge in [-0.15, -0.1) is 5.10 Å². The van der Waals surface area contributed by atoms with Crippen molar-refractivity contribution >= 4 is 5.97 Å². The third-order valence-electron chi connectivity index (χ3n) is 2.46. The lowest BCUT2D eigenvalue weighted by Crippen LogP contribution is -2.09. The van der Waals surface area contributed by atoms with Crippen molar-refractivity contribution in [1.29, 1.82) is 0 Å². The predicted molar refractivity (Wildman–Crippen MR) is 63.6 cm³/mol. The number of aliphatic carboxylic acids is 1. The minimum absolute atomic E-state index is 0.236. The predicted octanol–water partition coefficient (Wildman–Crippen LogP) is 0.307. The van der Waals surface area contributed by atoms with Crippen molar-refractivity contribution in [2.75, 3.05) is 14.2 Å². The van der Waals surface area contributed by atoms with E-state index < -0.39 is 5.97 Å². The maximum atomic E-state index is 10.7. The Bertz CT molecular complexity index is 596. The SMILES string of the molecule is COc1ccc(-n2nnnc2CC(=O)O)cc1OC. The van der Waals surface area contributed by atoms with E-state index in [-0.39, 0.29) is 12.2 Å². The molecule has 1 heterocycles. The summed E-state index contributed by atoms with van der Waals surface area (Å²) in [5, 5.41) is 19.7. The standard InChI is InChI=1S/C11H12N4O4/c1-18-8-4-3-7(5-9(8)19-2)15-10(6-11(16)17)12-13-14-15/h3-5H,6H2,1-2H3,(H,16,17). The summed E-state index contributed by atoms with van der Waals surface area (Å²) in [5.74, 6) is 0.312. The molecule has 8 heteroatoms. The lowest BCUT2D eigenvalue weighted by Gasteiger charge is -2.09. The minimum atomic E-state index is -1.00. The van der Waals surface area contributed by atoms with Gasteiger partial charge in [0.15, 0.2) is 17.3 Å². The van der Waals surface area contributed by atoms with Gasteiger partial charge in [0.05, 0.1) is 19.9 Å². The van der Waals surface area contributed by atoms with Gasteiger partial charge < -0.3 is 14.6 Å². The van der Waals surface area contributed by atoms with Gasteiger partial charge in [-0.05, 0) is 22.6 Å². The van der Waals surface area contributed by atoms with Crippen molar-refractivity contribution in [3.63, 3.8) is 0 Å². The van der Waals surface area contributed by atoms with E-state index in [1.807, 2.05) is 0 Å². The van der Waals surface area contributed by atoms with Crippen LogP contribution in [0, 0.1) is 0 Å². The average molecular weight is 264 g/mol. The largest absolute Gasteiger partial charge is 0.493 e. The first-order valence-corrected chi connectivity index (χ1v) is 5.37. The maximum absolute atomic E-state index is 10.7. The van der Waals surface area contributed by atoms with E-state index >= 15 is 0 Å². The first-order valence-electron chi connectivity index (χ1n) is 5.37. The topological polar surface area (TPSA) is 99.4 Å². The Morgan fingerprint density at radius 2 is 2.05 bits per heavy atom. The molecule has 0 radical (unpaired) electrons. The number of carboxylic acids is 1. The van der Waals surface area contributed by atoms with Gasteiger partial charge in [-0.25, -0.2) is 0 Å². The molecule has 0 saturated heterocycles. The number of aromatic nitrogens is 4. The average Bonchev–Trinajstić information content (AvgIpc) is 2.85. The molecule has 1 aromatic carbocycles. The number of benzene rings is 1. The quantitative estimate of drug-likeness (QED) is 0.829. The van der Waals surface area contributed by atoms with Crippen molar-refractivity contribution in [2.45, 2.75) is 6.42 Å². The Hall–Kier alpha value is -2.64. The van der Waals surface area contributed by atoms with Crippen LogP contribution in [0.4, 0.5) is 0 Å². The van der Waals surface area contributed by atoms with Crippen molar-refractivity contribution in [2.24, 2.45) is 0 Å². The van der Waals surface area contributed by atoms with Crippen LogP contribution in [-0.2, 0) is 11.2 Å². The van der Waals surface area contributed by atoms with E-state index in [4.69, 9.17) is 14.6 Å². The van der Waals surface area contributed by atoms with Gasteiger partial charge in [0.2, 0.25) is 0 Å². The smallest absolute Gasteiger partial charge is 0.311 e. The van der Waals surface area contributed by atoms with Crippen LogP contribution in [0.5, 0.6) is 11.5 Å². The van der Waals surface area contributed by atoms with Crippen LogP contribution in [0.1, 0.15) is 5.82 Å². The number of carboxylic acid groups (broad SMARTS) is 1. The monoisotopic (exact) mass is 264 g/mol. The molecule has 100 valence electrons. The molecule has 0 bridgehead atoms. The van der Waals surface area contributed by atoms with Gasteiger partial charge in [0.25, 0.3) is 0 Å². The molecule has 2 aromatic rings. The summed E-state index contributed by atoms with van der Waals surface area (Å²) in [5.41, 5.74) is 0.596. The third-order valence-corrected chi connectivity index (χ3v) is 2.46. The molecule has 0 spiro atoms. The zero-order valence-electron chi connectivity index (χ0n) is 10.4. The molecule has 0 saturated carbocycles. The summed E-state index contributed by atoms with van der Waals surface area (Å²) >= 11 is 0. The molecule has 1 aromatic heterocycles. The van der Waals surface area contributed by atoms with E-state index in [2.05, 4.69) is 15.5 Å². The minimum Gasteiger partial charge on any atom is -0.493 e. The van der Waals surface area contributed by atoms with E-state index in [9.17, 15) is 4.79 Å². The Labute approximate surface area is 108 Å². The van der Waals surface area contributed by atoms with Gasteiger partial charge in [0.1, 0.15) is 6.42 Å². The van der Waals surface area contributed by atoms with Crippen molar-refractivity contribution in [3.8, 4) is 17.2 Å². The Kier molecular flexibility index (Phi) is 3.60. The highest BCUT2D eigenvalue weighted by molar-refractivity contribution is 5.69. The fourth-order valence-electron chi connectivity index (χ4n) is 1.61. The molecule has 0 fully saturated rings. The van der Waals surface area contributed by atoms with Crippen LogP contribution in [0.25, 0.3) is 5.69 Å². The van der Waals surface area contributed by atoms with Crippen molar-refractivity contribution < 1.29 is 19.4 Å². The molecule has 2 rings (SSSR count). The molecule has 0 amide bonds.